The van der Waals surface area contributed by atoms with Crippen molar-refractivity contribution >= 4 is 51.5 Å². The molecule has 1 aromatic carbocycles. The molecule has 3 atom stereocenters. The molecule has 1 aliphatic carbocycles. The van der Waals surface area contributed by atoms with Gasteiger partial charge >= 0.3 is 0 Å². The Kier molecular flexibility index (Phi) is 10.3. The molecule has 5 nitrogen and oxygen atoms in total. The third kappa shape index (κ3) is 6.92. The van der Waals surface area contributed by atoms with Crippen molar-refractivity contribution in [2.75, 3.05) is 19.1 Å². The van der Waals surface area contributed by atoms with Gasteiger partial charge in [-0.1, -0.05) is 25.1 Å². The number of aliphatic imine (C=N–C) groups is 1. The quantitative estimate of drug-likeness (QED) is 0.334. The maximum Gasteiger partial charge on any atom is 0.191 e. The molecule has 3 unspecified atom stereocenters. The van der Waals surface area contributed by atoms with Gasteiger partial charge in [-0.2, -0.15) is 11.8 Å². The van der Waals surface area contributed by atoms with Crippen LogP contribution in [0.25, 0.3) is 0 Å². The van der Waals surface area contributed by atoms with E-state index in [0.29, 0.717) is 28.6 Å². The number of rotatable bonds is 7. The lowest BCUT2D eigenvalue weighted by Gasteiger charge is -2.23. The Hall–Kier alpha value is -0.480. The van der Waals surface area contributed by atoms with Crippen LogP contribution in [-0.2, 0) is 9.84 Å². The number of guanidine groups is 1. The summed E-state index contributed by atoms with van der Waals surface area (Å²) in [5.41, 5.74) is 0. The minimum Gasteiger partial charge on any atom is -0.354 e. The summed E-state index contributed by atoms with van der Waals surface area (Å²) >= 11 is 1.92. The van der Waals surface area contributed by atoms with Crippen LogP contribution < -0.4 is 10.6 Å². The fraction of sp³-hybridized carbons (Fsp3) is 0.611. The third-order valence-electron chi connectivity index (χ3n) is 4.64. The van der Waals surface area contributed by atoms with Gasteiger partial charge < -0.3 is 10.6 Å². The zero-order valence-electron chi connectivity index (χ0n) is 15.6. The molecule has 1 aromatic rings. The number of benzene rings is 1. The maximum absolute atomic E-state index is 12.6. The zero-order valence-corrected chi connectivity index (χ0v) is 19.6. The first-order valence-electron chi connectivity index (χ1n) is 8.79. The van der Waals surface area contributed by atoms with Gasteiger partial charge in [0.1, 0.15) is 0 Å². The number of thioether (sulfide) groups is 1. The van der Waals surface area contributed by atoms with E-state index < -0.39 is 9.84 Å². The summed E-state index contributed by atoms with van der Waals surface area (Å²) in [5, 5.41) is 7.45. The molecule has 0 aromatic heterocycles. The van der Waals surface area contributed by atoms with Gasteiger partial charge in [0.25, 0.3) is 0 Å². The minimum absolute atomic E-state index is 0. The van der Waals surface area contributed by atoms with Crippen molar-refractivity contribution in [2.45, 2.75) is 54.8 Å². The van der Waals surface area contributed by atoms with Gasteiger partial charge in [0, 0.05) is 24.4 Å². The first-order chi connectivity index (χ1) is 12.0. The summed E-state index contributed by atoms with van der Waals surface area (Å²) in [4.78, 5) is 4.66. The molecular formula is C18H30IN3O2S2. The molecule has 0 aliphatic heterocycles. The number of hydrogen-bond acceptors (Lipinski definition) is 4. The molecule has 148 valence electrons. The first-order valence-corrected chi connectivity index (χ1v) is 11.7. The lowest BCUT2D eigenvalue weighted by Crippen LogP contribution is -2.48. The molecule has 0 amide bonds. The van der Waals surface area contributed by atoms with E-state index in [2.05, 4.69) is 21.9 Å². The van der Waals surface area contributed by atoms with Crippen LogP contribution in [0, 0.1) is 0 Å². The molecule has 0 spiro atoms. The summed E-state index contributed by atoms with van der Waals surface area (Å²) in [5.74, 6) is 0.758. The fourth-order valence-corrected chi connectivity index (χ4v) is 5.50. The lowest BCUT2D eigenvalue weighted by atomic mass is 10.2. The standard InChI is InChI=1S/C18H29N3O2S2.HI/c1-4-14(13-25(22,23)17-8-6-5-7-9-17)20-18(19-2)21-15-10-11-16(12-15)24-3;/h5-9,14-16H,4,10-13H2,1-3H3,(H2,19,20,21);1H. The Morgan fingerprint density at radius 3 is 2.54 bits per heavy atom. The van der Waals surface area contributed by atoms with Crippen LogP contribution in [0.15, 0.2) is 40.2 Å². The highest BCUT2D eigenvalue weighted by atomic mass is 127. The average Bonchev–Trinajstić information content (AvgIpc) is 3.08. The van der Waals surface area contributed by atoms with Gasteiger partial charge in [0.2, 0.25) is 0 Å². The van der Waals surface area contributed by atoms with Crippen LogP contribution in [0.1, 0.15) is 32.6 Å². The molecular weight excluding hydrogens is 481 g/mol. The molecule has 2 N–H and O–H groups in total. The number of nitrogens with one attached hydrogen (secondary N) is 2. The summed E-state index contributed by atoms with van der Waals surface area (Å²) in [6.07, 6.45) is 6.34. The Morgan fingerprint density at radius 1 is 1.31 bits per heavy atom. The topological polar surface area (TPSA) is 70.6 Å². The maximum atomic E-state index is 12.6. The second-order valence-corrected chi connectivity index (χ2v) is 9.60. The fourth-order valence-electron chi connectivity index (χ4n) is 3.09. The van der Waals surface area contributed by atoms with E-state index in [4.69, 9.17) is 0 Å². The van der Waals surface area contributed by atoms with Crippen LogP contribution in [0.2, 0.25) is 0 Å². The monoisotopic (exact) mass is 511 g/mol. The predicted molar refractivity (Wildman–Crippen MR) is 123 cm³/mol. The highest BCUT2D eigenvalue weighted by Gasteiger charge is 2.26. The van der Waals surface area contributed by atoms with Gasteiger partial charge in [-0.05, 0) is 44.1 Å². The van der Waals surface area contributed by atoms with E-state index in [-0.39, 0.29) is 35.8 Å². The SMILES string of the molecule is CCC(CS(=O)(=O)c1ccccc1)NC(=NC)NC1CCC(SC)C1.I. The number of halogens is 1. The van der Waals surface area contributed by atoms with Crippen molar-refractivity contribution in [3.8, 4) is 0 Å². The van der Waals surface area contributed by atoms with Crippen LogP contribution in [0.5, 0.6) is 0 Å². The Balaban J connectivity index is 0.00000338. The summed E-state index contributed by atoms with van der Waals surface area (Å²) in [6, 6.07) is 8.87. The van der Waals surface area contributed by atoms with E-state index in [1.165, 1.54) is 6.42 Å². The third-order valence-corrected chi connectivity index (χ3v) is 7.57. The van der Waals surface area contributed by atoms with Crippen LogP contribution in [-0.4, -0.2) is 50.8 Å². The molecule has 0 heterocycles. The van der Waals surface area contributed by atoms with E-state index in [1.54, 1.807) is 31.3 Å². The second-order valence-electron chi connectivity index (χ2n) is 6.43. The van der Waals surface area contributed by atoms with Crippen LogP contribution in [0.4, 0.5) is 0 Å². The number of hydrogen-bond donors (Lipinski definition) is 2. The average molecular weight is 511 g/mol. The van der Waals surface area contributed by atoms with Crippen molar-refractivity contribution in [1.82, 2.24) is 10.6 Å². The molecule has 2 rings (SSSR count). The molecule has 26 heavy (non-hydrogen) atoms. The molecule has 1 fully saturated rings. The number of nitrogens with zero attached hydrogens (tertiary/aromatic N) is 1. The molecule has 1 saturated carbocycles. The minimum atomic E-state index is -3.31. The summed E-state index contributed by atoms with van der Waals surface area (Å²) in [6.45, 7) is 1.99. The highest BCUT2D eigenvalue weighted by Crippen LogP contribution is 2.28. The van der Waals surface area contributed by atoms with E-state index in [0.717, 1.165) is 12.8 Å². The van der Waals surface area contributed by atoms with Crippen LogP contribution in [0.3, 0.4) is 0 Å². The zero-order chi connectivity index (χ0) is 18.3. The summed E-state index contributed by atoms with van der Waals surface area (Å²) < 4.78 is 25.2. The van der Waals surface area contributed by atoms with Gasteiger partial charge in [0.15, 0.2) is 15.8 Å². The molecule has 0 radical (unpaired) electrons. The van der Waals surface area contributed by atoms with E-state index >= 15 is 0 Å². The number of sulfone groups is 1. The van der Waals surface area contributed by atoms with Gasteiger partial charge in [-0.25, -0.2) is 8.42 Å². The lowest BCUT2D eigenvalue weighted by molar-refractivity contribution is 0.558. The largest absolute Gasteiger partial charge is 0.354 e. The highest BCUT2D eigenvalue weighted by molar-refractivity contribution is 14.0. The van der Waals surface area contributed by atoms with Crippen molar-refractivity contribution in [2.24, 2.45) is 4.99 Å². The van der Waals surface area contributed by atoms with Crippen molar-refractivity contribution in [3.63, 3.8) is 0 Å². The first kappa shape index (κ1) is 23.6. The predicted octanol–water partition coefficient (Wildman–Crippen LogP) is 3.31. The normalized spacial score (nSPS) is 21.7. The Bertz CT molecular complexity index is 668. The molecule has 8 heteroatoms. The van der Waals surface area contributed by atoms with Crippen molar-refractivity contribution in [1.29, 1.82) is 0 Å². The Morgan fingerprint density at radius 2 is 2.00 bits per heavy atom. The van der Waals surface area contributed by atoms with Gasteiger partial charge in [-0.3, -0.25) is 4.99 Å². The van der Waals surface area contributed by atoms with Gasteiger partial charge in [0.05, 0.1) is 10.6 Å². The van der Waals surface area contributed by atoms with Crippen molar-refractivity contribution in [3.05, 3.63) is 30.3 Å². The van der Waals surface area contributed by atoms with E-state index in [1.807, 2.05) is 24.8 Å². The van der Waals surface area contributed by atoms with Crippen LogP contribution >= 0.6 is 35.7 Å². The summed E-state index contributed by atoms with van der Waals surface area (Å²) in [7, 11) is -1.58. The second kappa shape index (κ2) is 11.4. The molecule has 0 bridgehead atoms. The molecule has 0 saturated heterocycles. The molecule has 1 aliphatic rings. The Labute approximate surface area is 179 Å². The van der Waals surface area contributed by atoms with Crippen molar-refractivity contribution < 1.29 is 8.42 Å². The smallest absolute Gasteiger partial charge is 0.191 e. The van der Waals surface area contributed by atoms with Gasteiger partial charge in [-0.15, -0.1) is 24.0 Å². The van der Waals surface area contributed by atoms with E-state index in [9.17, 15) is 8.42 Å².